The van der Waals surface area contributed by atoms with Gasteiger partial charge in [-0.25, -0.2) is 0 Å². The summed E-state index contributed by atoms with van der Waals surface area (Å²) in [5.74, 6) is -0.0618. The first-order chi connectivity index (χ1) is 11.2. The Hall–Kier alpha value is -1.73. The summed E-state index contributed by atoms with van der Waals surface area (Å²) in [7, 11) is 0. The van der Waals surface area contributed by atoms with Crippen LogP contribution in [-0.4, -0.2) is 12.5 Å². The lowest BCUT2D eigenvalue weighted by Gasteiger charge is -2.12. The Morgan fingerprint density at radius 2 is 1.96 bits per heavy atom. The molecule has 2 aromatic carbocycles. The second kappa shape index (κ2) is 7.44. The van der Waals surface area contributed by atoms with Crippen LogP contribution in [0.25, 0.3) is 0 Å². The summed E-state index contributed by atoms with van der Waals surface area (Å²) < 4.78 is 44.6. The fourth-order valence-electron chi connectivity index (χ4n) is 1.94. The smallest absolute Gasteiger partial charge is 0.417 e. The van der Waals surface area contributed by atoms with Gasteiger partial charge in [0.05, 0.1) is 10.6 Å². The molecule has 0 spiro atoms. The number of anilines is 1. The molecule has 0 unspecified atom stereocenters. The van der Waals surface area contributed by atoms with Crippen molar-refractivity contribution < 1.29 is 22.7 Å². The number of benzene rings is 2. The van der Waals surface area contributed by atoms with E-state index in [1.165, 1.54) is 6.07 Å². The molecule has 1 amide bonds. The number of hydrogen-bond acceptors (Lipinski definition) is 2. The van der Waals surface area contributed by atoms with Crippen molar-refractivity contribution in [3.63, 3.8) is 0 Å². The maximum absolute atomic E-state index is 12.8. The van der Waals surface area contributed by atoms with Gasteiger partial charge >= 0.3 is 6.18 Å². The minimum absolute atomic E-state index is 0.00662. The maximum Gasteiger partial charge on any atom is 0.417 e. The van der Waals surface area contributed by atoms with Gasteiger partial charge in [-0.2, -0.15) is 13.2 Å². The highest BCUT2D eigenvalue weighted by Crippen LogP contribution is 2.36. The molecular formula is C16H12BrClF3NO2. The van der Waals surface area contributed by atoms with E-state index >= 15 is 0 Å². The van der Waals surface area contributed by atoms with E-state index in [0.29, 0.717) is 5.75 Å². The van der Waals surface area contributed by atoms with Gasteiger partial charge in [0.25, 0.3) is 5.91 Å². The highest BCUT2D eigenvalue weighted by Gasteiger charge is 2.33. The first kappa shape index (κ1) is 18.6. The molecule has 0 aliphatic carbocycles. The molecule has 0 saturated carbocycles. The molecule has 0 heterocycles. The van der Waals surface area contributed by atoms with E-state index < -0.39 is 22.7 Å². The number of rotatable bonds is 4. The van der Waals surface area contributed by atoms with Crippen molar-refractivity contribution in [3.8, 4) is 5.75 Å². The van der Waals surface area contributed by atoms with Gasteiger partial charge in [-0.1, -0.05) is 27.5 Å². The van der Waals surface area contributed by atoms with Gasteiger partial charge in [-0.3, -0.25) is 4.79 Å². The Balaban J connectivity index is 2.02. The Morgan fingerprint density at radius 1 is 1.25 bits per heavy atom. The molecule has 0 fully saturated rings. The number of alkyl halides is 3. The average Bonchev–Trinajstić information content (AvgIpc) is 2.47. The van der Waals surface area contributed by atoms with Crippen molar-refractivity contribution in [3.05, 3.63) is 57.0 Å². The van der Waals surface area contributed by atoms with Crippen molar-refractivity contribution in [2.45, 2.75) is 13.1 Å². The monoisotopic (exact) mass is 421 g/mol. The minimum Gasteiger partial charge on any atom is -0.483 e. The highest BCUT2D eigenvalue weighted by atomic mass is 79.9. The first-order valence-electron chi connectivity index (χ1n) is 6.72. The lowest BCUT2D eigenvalue weighted by Crippen LogP contribution is -2.20. The molecule has 0 aromatic heterocycles. The van der Waals surface area contributed by atoms with Gasteiger partial charge in [0.1, 0.15) is 5.75 Å². The van der Waals surface area contributed by atoms with Gasteiger partial charge < -0.3 is 10.1 Å². The van der Waals surface area contributed by atoms with E-state index in [1.807, 2.05) is 13.0 Å². The molecule has 0 aliphatic heterocycles. The van der Waals surface area contributed by atoms with Crippen LogP contribution < -0.4 is 10.1 Å². The Kier molecular flexibility index (Phi) is 5.77. The predicted octanol–water partition coefficient (Wildman–Crippen LogP) is 5.45. The van der Waals surface area contributed by atoms with Crippen LogP contribution in [0.1, 0.15) is 11.1 Å². The molecule has 2 rings (SSSR count). The largest absolute Gasteiger partial charge is 0.483 e. The summed E-state index contributed by atoms with van der Waals surface area (Å²) in [5.41, 5.74) is -0.192. The molecule has 24 heavy (non-hydrogen) atoms. The number of carbonyl (C=O) groups excluding carboxylic acids is 1. The van der Waals surface area contributed by atoms with Gasteiger partial charge in [0.2, 0.25) is 0 Å². The third-order valence-electron chi connectivity index (χ3n) is 3.05. The van der Waals surface area contributed by atoms with E-state index in [4.69, 9.17) is 16.3 Å². The molecule has 0 saturated heterocycles. The fraction of sp³-hybridized carbons (Fsp3) is 0.188. The van der Waals surface area contributed by atoms with E-state index in [2.05, 4.69) is 21.2 Å². The van der Waals surface area contributed by atoms with Crippen LogP contribution >= 0.6 is 27.5 Å². The van der Waals surface area contributed by atoms with Gasteiger partial charge in [0, 0.05) is 10.2 Å². The normalized spacial score (nSPS) is 11.2. The zero-order chi connectivity index (χ0) is 17.9. The van der Waals surface area contributed by atoms with Crippen molar-refractivity contribution in [1.29, 1.82) is 0 Å². The van der Waals surface area contributed by atoms with Crippen LogP contribution in [0.3, 0.4) is 0 Å². The van der Waals surface area contributed by atoms with E-state index in [9.17, 15) is 18.0 Å². The number of halogens is 5. The maximum atomic E-state index is 12.8. The summed E-state index contributed by atoms with van der Waals surface area (Å²) in [6.07, 6.45) is -4.59. The van der Waals surface area contributed by atoms with Crippen molar-refractivity contribution >= 4 is 39.1 Å². The second-order valence-corrected chi connectivity index (χ2v) is 6.26. The lowest BCUT2D eigenvalue weighted by atomic mass is 10.2. The molecule has 8 heteroatoms. The summed E-state index contributed by atoms with van der Waals surface area (Å²) in [6.45, 7) is 1.49. The average molecular weight is 423 g/mol. The summed E-state index contributed by atoms with van der Waals surface area (Å²) >= 11 is 8.84. The fourth-order valence-corrected chi connectivity index (χ4v) is 2.64. The van der Waals surface area contributed by atoms with Crippen molar-refractivity contribution in [2.24, 2.45) is 0 Å². The summed E-state index contributed by atoms with van der Waals surface area (Å²) in [5, 5.41) is 1.92. The topological polar surface area (TPSA) is 38.3 Å². The van der Waals surface area contributed by atoms with Crippen molar-refractivity contribution in [2.75, 3.05) is 11.9 Å². The Labute approximate surface area is 149 Å². The lowest BCUT2D eigenvalue weighted by molar-refractivity contribution is -0.137. The Morgan fingerprint density at radius 3 is 2.58 bits per heavy atom. The number of amides is 1. The minimum atomic E-state index is -4.59. The summed E-state index contributed by atoms with van der Waals surface area (Å²) in [6, 6.07) is 8.43. The van der Waals surface area contributed by atoms with Gasteiger partial charge in [-0.05, 0) is 48.9 Å². The van der Waals surface area contributed by atoms with Gasteiger partial charge in [-0.15, -0.1) is 0 Å². The van der Waals surface area contributed by atoms with E-state index in [0.717, 1.165) is 22.2 Å². The molecule has 0 aliphatic rings. The highest BCUT2D eigenvalue weighted by molar-refractivity contribution is 9.10. The molecule has 1 N–H and O–H groups in total. The predicted molar refractivity (Wildman–Crippen MR) is 89.5 cm³/mol. The van der Waals surface area contributed by atoms with Crippen LogP contribution in [0.15, 0.2) is 40.9 Å². The molecule has 0 atom stereocenters. The molecular weight excluding hydrogens is 411 g/mol. The number of ether oxygens (including phenoxy) is 1. The number of hydrogen-bond donors (Lipinski definition) is 1. The van der Waals surface area contributed by atoms with Crippen LogP contribution in [0, 0.1) is 6.92 Å². The van der Waals surface area contributed by atoms with Crippen LogP contribution in [0.4, 0.5) is 18.9 Å². The number of carbonyl (C=O) groups is 1. The number of aryl methyl sites for hydroxylation is 1. The SMILES string of the molecule is Cc1cc(Br)ccc1OCC(=O)Nc1ccc(Cl)c(C(F)(F)F)c1. The standard InChI is InChI=1S/C16H12BrClF3NO2/c1-9-6-10(17)2-5-14(9)24-8-15(23)22-11-3-4-13(18)12(7-11)16(19,20)21/h2-7H,8H2,1H3,(H,22,23). The molecule has 128 valence electrons. The van der Waals surface area contributed by atoms with E-state index in [-0.39, 0.29) is 12.3 Å². The second-order valence-electron chi connectivity index (χ2n) is 4.94. The first-order valence-corrected chi connectivity index (χ1v) is 7.89. The van der Waals surface area contributed by atoms with Crippen LogP contribution in [0.5, 0.6) is 5.75 Å². The van der Waals surface area contributed by atoms with E-state index in [1.54, 1.807) is 12.1 Å². The van der Waals surface area contributed by atoms with Crippen molar-refractivity contribution in [1.82, 2.24) is 0 Å². The zero-order valence-electron chi connectivity index (χ0n) is 12.4. The molecule has 0 radical (unpaired) electrons. The molecule has 0 bridgehead atoms. The third-order valence-corrected chi connectivity index (χ3v) is 3.87. The van der Waals surface area contributed by atoms with Gasteiger partial charge in [0.15, 0.2) is 6.61 Å². The third kappa shape index (κ3) is 4.88. The van der Waals surface area contributed by atoms with Crippen LogP contribution in [0.2, 0.25) is 5.02 Å². The molecule has 2 aromatic rings. The number of nitrogens with one attached hydrogen (secondary N) is 1. The quantitative estimate of drug-likeness (QED) is 0.712. The summed E-state index contributed by atoms with van der Waals surface area (Å²) in [4.78, 5) is 11.9. The zero-order valence-corrected chi connectivity index (χ0v) is 14.7. The molecule has 3 nitrogen and oxygen atoms in total. The van der Waals surface area contributed by atoms with Crippen LogP contribution in [-0.2, 0) is 11.0 Å². The Bertz CT molecular complexity index is 765.